The standard InChI is InChI=1S/C13H17N3OS/c14-13(18)12-11(2-1-5-15-12)16-8-3-4-9(16)7-10(17)6-8/h1-2,5,8-10,17H,3-4,6-7H2,(H2,14,18). The van der Waals surface area contributed by atoms with Gasteiger partial charge in [0.25, 0.3) is 0 Å². The van der Waals surface area contributed by atoms with E-state index in [9.17, 15) is 5.11 Å². The van der Waals surface area contributed by atoms with E-state index in [4.69, 9.17) is 18.0 Å². The van der Waals surface area contributed by atoms with Crippen LogP contribution >= 0.6 is 12.2 Å². The molecule has 0 amide bonds. The fourth-order valence-corrected chi connectivity index (χ4v) is 3.49. The van der Waals surface area contributed by atoms with Crippen LogP contribution in [0.3, 0.4) is 0 Å². The molecule has 2 atom stereocenters. The van der Waals surface area contributed by atoms with E-state index in [2.05, 4.69) is 9.88 Å². The lowest BCUT2D eigenvalue weighted by molar-refractivity contribution is 0.126. The third kappa shape index (κ3) is 1.87. The molecular weight excluding hydrogens is 246 g/mol. The number of hydrogen-bond donors (Lipinski definition) is 2. The van der Waals surface area contributed by atoms with Crippen LogP contribution < -0.4 is 10.6 Å². The lowest BCUT2D eigenvalue weighted by Gasteiger charge is -2.39. The summed E-state index contributed by atoms with van der Waals surface area (Å²) in [5.74, 6) is 0. The van der Waals surface area contributed by atoms with Crippen molar-refractivity contribution in [2.45, 2.75) is 43.9 Å². The summed E-state index contributed by atoms with van der Waals surface area (Å²) >= 11 is 5.08. The molecule has 3 heterocycles. The normalized spacial score (nSPS) is 30.5. The molecule has 1 aromatic heterocycles. The molecule has 0 radical (unpaired) electrons. The van der Waals surface area contributed by atoms with Gasteiger partial charge in [-0.2, -0.15) is 0 Å². The fraction of sp³-hybridized carbons (Fsp3) is 0.538. The number of aliphatic hydroxyl groups is 1. The predicted octanol–water partition coefficient (Wildman–Crippen LogP) is 1.21. The van der Waals surface area contributed by atoms with Gasteiger partial charge >= 0.3 is 0 Å². The van der Waals surface area contributed by atoms with Gasteiger partial charge in [-0.25, -0.2) is 0 Å². The maximum Gasteiger partial charge on any atom is 0.124 e. The van der Waals surface area contributed by atoms with Crippen molar-refractivity contribution >= 4 is 22.9 Å². The third-order valence-corrected chi connectivity index (χ3v) is 4.20. The maximum atomic E-state index is 9.84. The number of piperidine rings is 1. The van der Waals surface area contributed by atoms with Crippen LogP contribution in [0.2, 0.25) is 0 Å². The number of hydrogen-bond acceptors (Lipinski definition) is 4. The second kappa shape index (κ2) is 4.48. The van der Waals surface area contributed by atoms with Gasteiger partial charge in [-0.3, -0.25) is 4.98 Å². The first-order valence-electron chi connectivity index (χ1n) is 6.38. The SMILES string of the molecule is NC(=S)c1ncccc1N1C2CCC1CC(O)C2. The highest BCUT2D eigenvalue weighted by atomic mass is 32.1. The summed E-state index contributed by atoms with van der Waals surface area (Å²) < 4.78 is 0. The van der Waals surface area contributed by atoms with Gasteiger partial charge in [0, 0.05) is 18.3 Å². The largest absolute Gasteiger partial charge is 0.393 e. The van der Waals surface area contributed by atoms with Gasteiger partial charge in [-0.05, 0) is 37.8 Å². The van der Waals surface area contributed by atoms with Crippen LogP contribution in [0.5, 0.6) is 0 Å². The predicted molar refractivity (Wildman–Crippen MR) is 74.7 cm³/mol. The Bertz CT molecular complexity index is 465. The number of aliphatic hydroxyl groups excluding tert-OH is 1. The number of nitrogens with zero attached hydrogens (tertiary/aromatic N) is 2. The number of aromatic nitrogens is 1. The third-order valence-electron chi connectivity index (χ3n) is 4.01. The van der Waals surface area contributed by atoms with Crippen LogP contribution in [0.1, 0.15) is 31.4 Å². The number of pyridine rings is 1. The lowest BCUT2D eigenvalue weighted by Crippen LogP contribution is -2.45. The van der Waals surface area contributed by atoms with Crippen molar-refractivity contribution < 1.29 is 5.11 Å². The molecule has 2 aliphatic heterocycles. The van der Waals surface area contributed by atoms with Gasteiger partial charge in [0.15, 0.2) is 0 Å². The minimum absolute atomic E-state index is 0.163. The highest BCUT2D eigenvalue weighted by Gasteiger charge is 2.41. The Morgan fingerprint density at radius 2 is 2.06 bits per heavy atom. The average molecular weight is 263 g/mol. The summed E-state index contributed by atoms with van der Waals surface area (Å²) in [6.45, 7) is 0. The van der Waals surface area contributed by atoms with Crippen molar-refractivity contribution in [2.24, 2.45) is 5.73 Å². The minimum Gasteiger partial charge on any atom is -0.393 e. The van der Waals surface area contributed by atoms with Gasteiger partial charge in [-0.15, -0.1) is 0 Å². The van der Waals surface area contributed by atoms with Gasteiger partial charge in [0.2, 0.25) is 0 Å². The highest BCUT2D eigenvalue weighted by molar-refractivity contribution is 7.80. The van der Waals surface area contributed by atoms with Gasteiger partial charge in [-0.1, -0.05) is 12.2 Å². The molecule has 96 valence electrons. The van der Waals surface area contributed by atoms with Crippen LogP contribution in [0.25, 0.3) is 0 Å². The lowest BCUT2D eigenvalue weighted by atomic mass is 9.98. The zero-order chi connectivity index (χ0) is 12.7. The van der Waals surface area contributed by atoms with Crippen molar-refractivity contribution in [1.82, 2.24) is 4.98 Å². The van der Waals surface area contributed by atoms with E-state index in [1.54, 1.807) is 6.20 Å². The zero-order valence-electron chi connectivity index (χ0n) is 10.1. The molecule has 0 spiro atoms. The van der Waals surface area contributed by atoms with Crippen molar-refractivity contribution in [3.63, 3.8) is 0 Å². The molecule has 1 aromatic rings. The fourth-order valence-electron chi connectivity index (χ4n) is 3.34. The number of anilines is 1. The molecule has 18 heavy (non-hydrogen) atoms. The van der Waals surface area contributed by atoms with Crippen LogP contribution in [0.4, 0.5) is 5.69 Å². The van der Waals surface area contributed by atoms with E-state index in [0.29, 0.717) is 22.8 Å². The quantitative estimate of drug-likeness (QED) is 0.785. The first-order valence-corrected chi connectivity index (χ1v) is 6.79. The smallest absolute Gasteiger partial charge is 0.124 e. The summed E-state index contributed by atoms with van der Waals surface area (Å²) in [5, 5.41) is 9.84. The number of thiocarbonyl (C=S) groups is 1. The Kier molecular flexibility index (Phi) is 2.95. The molecule has 4 nitrogen and oxygen atoms in total. The zero-order valence-corrected chi connectivity index (χ0v) is 10.9. The second-order valence-corrected chi connectivity index (χ2v) is 5.59. The summed E-state index contributed by atoms with van der Waals surface area (Å²) in [4.78, 5) is 7.01. The number of rotatable bonds is 2. The van der Waals surface area contributed by atoms with Crippen LogP contribution in [0.15, 0.2) is 18.3 Å². The van der Waals surface area contributed by atoms with Crippen molar-refractivity contribution in [3.05, 3.63) is 24.0 Å². The van der Waals surface area contributed by atoms with Crippen molar-refractivity contribution in [2.75, 3.05) is 4.90 Å². The minimum atomic E-state index is -0.163. The Hall–Kier alpha value is -1.20. The Morgan fingerprint density at radius 1 is 1.39 bits per heavy atom. The highest BCUT2D eigenvalue weighted by Crippen LogP contribution is 2.40. The van der Waals surface area contributed by atoms with Crippen molar-refractivity contribution in [3.8, 4) is 0 Å². The number of fused-ring (bicyclic) bond motifs is 2. The van der Waals surface area contributed by atoms with E-state index in [-0.39, 0.29) is 6.10 Å². The van der Waals surface area contributed by atoms with E-state index in [0.717, 1.165) is 31.4 Å². The summed E-state index contributed by atoms with van der Waals surface area (Å²) in [7, 11) is 0. The molecule has 0 saturated carbocycles. The van der Waals surface area contributed by atoms with Gasteiger partial charge in [0.1, 0.15) is 10.7 Å². The number of nitrogens with two attached hydrogens (primary N) is 1. The average Bonchev–Trinajstić information content (AvgIpc) is 2.61. The summed E-state index contributed by atoms with van der Waals surface area (Å²) in [6.07, 6.45) is 5.49. The summed E-state index contributed by atoms with van der Waals surface area (Å²) in [6, 6.07) is 4.75. The van der Waals surface area contributed by atoms with Crippen LogP contribution in [0, 0.1) is 0 Å². The first-order chi connectivity index (χ1) is 8.66. The molecule has 0 aromatic carbocycles. The maximum absolute atomic E-state index is 9.84. The molecular formula is C13H17N3OS. The Morgan fingerprint density at radius 3 is 2.67 bits per heavy atom. The van der Waals surface area contributed by atoms with Crippen LogP contribution in [-0.2, 0) is 0 Å². The topological polar surface area (TPSA) is 62.4 Å². The molecule has 3 N–H and O–H groups in total. The van der Waals surface area contributed by atoms with Gasteiger partial charge < -0.3 is 15.7 Å². The molecule has 5 heteroatoms. The molecule has 2 bridgehead atoms. The molecule has 2 aliphatic rings. The molecule has 2 unspecified atom stereocenters. The molecule has 2 saturated heterocycles. The van der Waals surface area contributed by atoms with E-state index < -0.39 is 0 Å². The van der Waals surface area contributed by atoms with E-state index >= 15 is 0 Å². The molecule has 0 aliphatic carbocycles. The Balaban J connectivity index is 1.99. The first kappa shape index (κ1) is 11.9. The molecule has 2 fully saturated rings. The van der Waals surface area contributed by atoms with E-state index in [1.807, 2.05) is 12.1 Å². The van der Waals surface area contributed by atoms with E-state index in [1.165, 1.54) is 0 Å². The van der Waals surface area contributed by atoms with Crippen molar-refractivity contribution in [1.29, 1.82) is 0 Å². The Labute approximate surface area is 112 Å². The monoisotopic (exact) mass is 263 g/mol. The summed E-state index contributed by atoms with van der Waals surface area (Å²) in [5.41, 5.74) is 7.49. The van der Waals surface area contributed by atoms with Gasteiger partial charge in [0.05, 0.1) is 11.8 Å². The molecule has 3 rings (SSSR count). The van der Waals surface area contributed by atoms with Crippen LogP contribution in [-0.4, -0.2) is 33.3 Å². The second-order valence-electron chi connectivity index (χ2n) is 5.15.